The van der Waals surface area contributed by atoms with Crippen LogP contribution in [0, 0.1) is 5.82 Å². The molecule has 0 aliphatic heterocycles. The Morgan fingerprint density at radius 3 is 2.80 bits per heavy atom. The van der Waals surface area contributed by atoms with E-state index in [1.807, 2.05) is 30.9 Å². The zero-order valence-electron chi connectivity index (χ0n) is 12.0. The van der Waals surface area contributed by atoms with Crippen molar-refractivity contribution in [2.24, 2.45) is 7.05 Å². The fraction of sp³-hybridized carbons (Fsp3) is 0.400. The Labute approximate surface area is 127 Å². The van der Waals surface area contributed by atoms with Gasteiger partial charge in [0, 0.05) is 30.8 Å². The average Bonchev–Trinajstić information content (AvgIpc) is 2.80. The molecule has 1 N–H and O–H groups in total. The van der Waals surface area contributed by atoms with E-state index in [0.29, 0.717) is 16.5 Å². The number of nitrogens with zero attached hydrogens (tertiary/aromatic N) is 2. The van der Waals surface area contributed by atoms with Crippen molar-refractivity contribution in [1.82, 2.24) is 15.1 Å². The molecule has 1 aromatic heterocycles. The summed E-state index contributed by atoms with van der Waals surface area (Å²) in [6, 6.07) is 7.39. The Morgan fingerprint density at radius 2 is 2.20 bits per heavy atom. The Balaban J connectivity index is 2.28. The van der Waals surface area contributed by atoms with Gasteiger partial charge in [0.05, 0.1) is 10.2 Å². The summed E-state index contributed by atoms with van der Waals surface area (Å²) in [7, 11) is 3.78. The largest absolute Gasteiger partial charge is 0.313 e. The molecule has 5 heteroatoms. The van der Waals surface area contributed by atoms with Crippen molar-refractivity contribution in [1.29, 1.82) is 0 Å². The molecule has 108 valence electrons. The number of halogens is 2. The first-order valence-electron chi connectivity index (χ1n) is 6.69. The molecule has 0 bridgehead atoms. The highest BCUT2D eigenvalue weighted by molar-refractivity contribution is 9.10. The predicted octanol–water partition coefficient (Wildman–Crippen LogP) is 3.39. The summed E-state index contributed by atoms with van der Waals surface area (Å²) in [5.41, 5.74) is 2.83. The van der Waals surface area contributed by atoms with Crippen molar-refractivity contribution in [3.63, 3.8) is 0 Å². The number of hydrogen-bond acceptors (Lipinski definition) is 2. The molecular formula is C15H19BrFN3. The van der Waals surface area contributed by atoms with Gasteiger partial charge in [0.1, 0.15) is 5.82 Å². The standard InChI is InChI=1S/C15H19BrFN3/c1-4-10-8-11(20(3)19-10)9-14(18-2)12-6-5-7-13(16)15(12)17/h5-8,14,18H,4,9H2,1-3H3. The topological polar surface area (TPSA) is 29.9 Å². The van der Waals surface area contributed by atoms with Crippen LogP contribution in [0.15, 0.2) is 28.7 Å². The van der Waals surface area contributed by atoms with E-state index in [4.69, 9.17) is 0 Å². The van der Waals surface area contributed by atoms with Gasteiger partial charge in [0.25, 0.3) is 0 Å². The molecule has 2 aromatic rings. The lowest BCUT2D eigenvalue weighted by Gasteiger charge is -2.18. The van der Waals surface area contributed by atoms with Crippen LogP contribution >= 0.6 is 15.9 Å². The molecule has 1 atom stereocenters. The molecule has 3 nitrogen and oxygen atoms in total. The smallest absolute Gasteiger partial charge is 0.142 e. The van der Waals surface area contributed by atoms with E-state index in [1.54, 1.807) is 6.07 Å². The molecule has 0 aliphatic carbocycles. The Hall–Kier alpha value is -1.20. The van der Waals surface area contributed by atoms with Gasteiger partial charge in [-0.1, -0.05) is 19.1 Å². The third-order valence-electron chi connectivity index (χ3n) is 3.51. The second-order valence-electron chi connectivity index (χ2n) is 4.79. The fourth-order valence-corrected chi connectivity index (χ4v) is 2.68. The van der Waals surface area contributed by atoms with Crippen LogP contribution in [0.3, 0.4) is 0 Å². The third-order valence-corrected chi connectivity index (χ3v) is 4.12. The summed E-state index contributed by atoms with van der Waals surface area (Å²) < 4.78 is 16.6. The second kappa shape index (κ2) is 6.50. The van der Waals surface area contributed by atoms with Gasteiger partial charge in [-0.05, 0) is 41.5 Å². The quantitative estimate of drug-likeness (QED) is 0.904. The number of aryl methyl sites for hydroxylation is 2. The minimum atomic E-state index is -0.204. The van der Waals surface area contributed by atoms with Crippen molar-refractivity contribution < 1.29 is 4.39 Å². The van der Waals surface area contributed by atoms with Gasteiger partial charge >= 0.3 is 0 Å². The van der Waals surface area contributed by atoms with E-state index < -0.39 is 0 Å². The van der Waals surface area contributed by atoms with Gasteiger partial charge < -0.3 is 5.32 Å². The molecule has 2 rings (SSSR count). The number of aromatic nitrogens is 2. The van der Waals surface area contributed by atoms with Crippen LogP contribution < -0.4 is 5.32 Å². The van der Waals surface area contributed by atoms with Gasteiger partial charge in [-0.15, -0.1) is 0 Å². The van der Waals surface area contributed by atoms with Gasteiger partial charge in [-0.2, -0.15) is 5.10 Å². The van der Waals surface area contributed by atoms with E-state index in [2.05, 4.69) is 39.3 Å². The van der Waals surface area contributed by atoms with E-state index in [-0.39, 0.29) is 11.9 Å². The van der Waals surface area contributed by atoms with Crippen LogP contribution in [0.1, 0.15) is 29.9 Å². The van der Waals surface area contributed by atoms with Gasteiger partial charge in [-0.3, -0.25) is 4.68 Å². The highest BCUT2D eigenvalue weighted by Gasteiger charge is 2.18. The van der Waals surface area contributed by atoms with Crippen molar-refractivity contribution in [3.8, 4) is 0 Å². The Bertz CT molecular complexity index is 595. The maximum absolute atomic E-state index is 14.2. The van der Waals surface area contributed by atoms with E-state index >= 15 is 0 Å². The highest BCUT2D eigenvalue weighted by Crippen LogP contribution is 2.26. The third kappa shape index (κ3) is 3.10. The molecule has 0 fully saturated rings. The van der Waals surface area contributed by atoms with Crippen LogP contribution in [0.5, 0.6) is 0 Å². The Morgan fingerprint density at radius 1 is 1.45 bits per heavy atom. The zero-order valence-corrected chi connectivity index (χ0v) is 13.5. The van der Waals surface area contributed by atoms with E-state index in [9.17, 15) is 4.39 Å². The molecule has 0 saturated carbocycles. The molecule has 0 spiro atoms. The molecule has 1 aromatic carbocycles. The van der Waals surface area contributed by atoms with Crippen LogP contribution in [0.2, 0.25) is 0 Å². The number of benzene rings is 1. The molecule has 0 amide bonds. The lowest BCUT2D eigenvalue weighted by atomic mass is 10.0. The fourth-order valence-electron chi connectivity index (χ4n) is 2.30. The maximum atomic E-state index is 14.2. The minimum Gasteiger partial charge on any atom is -0.313 e. The number of nitrogens with one attached hydrogen (secondary N) is 1. The molecule has 1 unspecified atom stereocenters. The molecule has 0 saturated heterocycles. The van der Waals surface area contributed by atoms with Crippen molar-refractivity contribution in [2.45, 2.75) is 25.8 Å². The van der Waals surface area contributed by atoms with Crippen LogP contribution in [-0.4, -0.2) is 16.8 Å². The van der Waals surface area contributed by atoms with Crippen LogP contribution in [0.4, 0.5) is 4.39 Å². The lowest BCUT2D eigenvalue weighted by Crippen LogP contribution is -2.21. The number of likely N-dealkylation sites (N-methyl/N-ethyl adjacent to an activating group) is 1. The lowest BCUT2D eigenvalue weighted by molar-refractivity contribution is 0.517. The van der Waals surface area contributed by atoms with E-state index in [1.165, 1.54) is 0 Å². The average molecular weight is 340 g/mol. The number of hydrogen-bond donors (Lipinski definition) is 1. The molecule has 20 heavy (non-hydrogen) atoms. The summed E-state index contributed by atoms with van der Waals surface area (Å²) in [6.45, 7) is 2.08. The monoisotopic (exact) mass is 339 g/mol. The van der Waals surface area contributed by atoms with Crippen molar-refractivity contribution >= 4 is 15.9 Å². The second-order valence-corrected chi connectivity index (χ2v) is 5.65. The number of rotatable bonds is 5. The summed E-state index contributed by atoms with van der Waals surface area (Å²) in [5, 5.41) is 7.62. The first-order chi connectivity index (χ1) is 9.56. The first kappa shape index (κ1) is 15.2. The molecule has 0 radical (unpaired) electrons. The first-order valence-corrected chi connectivity index (χ1v) is 7.49. The van der Waals surface area contributed by atoms with E-state index in [0.717, 1.165) is 17.8 Å². The molecule has 1 heterocycles. The Kier molecular flexibility index (Phi) is 4.94. The summed E-state index contributed by atoms with van der Waals surface area (Å²) in [5.74, 6) is -0.204. The van der Waals surface area contributed by atoms with Gasteiger partial charge in [0.15, 0.2) is 0 Å². The summed E-state index contributed by atoms with van der Waals surface area (Å²) in [4.78, 5) is 0. The molecule has 0 aliphatic rings. The van der Waals surface area contributed by atoms with Gasteiger partial charge in [-0.25, -0.2) is 4.39 Å². The maximum Gasteiger partial charge on any atom is 0.142 e. The van der Waals surface area contributed by atoms with Crippen molar-refractivity contribution in [2.75, 3.05) is 7.05 Å². The zero-order chi connectivity index (χ0) is 14.7. The highest BCUT2D eigenvalue weighted by atomic mass is 79.9. The van der Waals surface area contributed by atoms with Crippen LogP contribution in [-0.2, 0) is 19.9 Å². The van der Waals surface area contributed by atoms with Crippen LogP contribution in [0.25, 0.3) is 0 Å². The summed E-state index contributed by atoms with van der Waals surface area (Å²) >= 11 is 3.24. The normalized spacial score (nSPS) is 12.7. The SMILES string of the molecule is CCc1cc(CC(NC)c2cccc(Br)c2F)n(C)n1. The van der Waals surface area contributed by atoms with Gasteiger partial charge in [0.2, 0.25) is 0 Å². The van der Waals surface area contributed by atoms with Crippen molar-refractivity contribution in [3.05, 3.63) is 51.5 Å². The minimum absolute atomic E-state index is 0.0763. The summed E-state index contributed by atoms with van der Waals surface area (Å²) in [6.07, 6.45) is 1.61. The molecular weight excluding hydrogens is 321 g/mol. The predicted molar refractivity (Wildman–Crippen MR) is 82.2 cm³/mol.